The topological polar surface area (TPSA) is 72.2 Å². The van der Waals surface area contributed by atoms with Crippen LogP contribution in [-0.4, -0.2) is 20.6 Å². The maximum Gasteiger partial charge on any atom is 0.341 e. The van der Waals surface area contributed by atoms with Gasteiger partial charge in [0.1, 0.15) is 16.5 Å². The molecule has 0 radical (unpaired) electrons. The average Bonchev–Trinajstić information content (AvgIpc) is 2.65. The van der Waals surface area contributed by atoms with Gasteiger partial charge in [0, 0.05) is 34.6 Å². The molecule has 0 bridgehead atoms. The van der Waals surface area contributed by atoms with Crippen LogP contribution in [0.4, 0.5) is 4.39 Å². The molecule has 0 saturated heterocycles. The van der Waals surface area contributed by atoms with E-state index in [0.717, 1.165) is 6.07 Å². The molecule has 0 spiro atoms. The van der Waals surface area contributed by atoms with Crippen molar-refractivity contribution in [2.45, 2.75) is 20.4 Å². The minimum absolute atomic E-state index is 0.0274. The van der Waals surface area contributed by atoms with E-state index < -0.39 is 22.8 Å². The van der Waals surface area contributed by atoms with Crippen molar-refractivity contribution >= 4 is 40.8 Å². The van der Waals surface area contributed by atoms with E-state index in [1.165, 1.54) is 24.4 Å². The van der Waals surface area contributed by atoms with E-state index in [2.05, 4.69) is 4.98 Å². The molecule has 0 fully saturated rings. The Kier molecular flexibility index (Phi) is 5.98. The summed E-state index contributed by atoms with van der Waals surface area (Å²) in [6.07, 6.45) is 1.34. The molecule has 3 rings (SSSR count). The van der Waals surface area contributed by atoms with Crippen molar-refractivity contribution in [1.29, 1.82) is 0 Å². The molecule has 2 heterocycles. The molecule has 0 saturated carbocycles. The molecule has 1 aromatic carbocycles. The predicted molar refractivity (Wildman–Crippen MR) is 112 cm³/mol. The lowest BCUT2D eigenvalue weighted by molar-refractivity contribution is 0.0695. The Morgan fingerprint density at radius 2 is 1.93 bits per heavy atom. The fourth-order valence-electron chi connectivity index (χ4n) is 3.29. The second kappa shape index (κ2) is 8.14. The number of hydrogen-bond donors (Lipinski definition) is 1. The highest BCUT2D eigenvalue weighted by atomic mass is 35.5. The number of aromatic nitrogens is 2. The van der Waals surface area contributed by atoms with E-state index in [0.29, 0.717) is 17.8 Å². The van der Waals surface area contributed by atoms with E-state index in [1.807, 2.05) is 0 Å². The van der Waals surface area contributed by atoms with Crippen molar-refractivity contribution < 1.29 is 14.3 Å². The maximum atomic E-state index is 14.6. The summed E-state index contributed by atoms with van der Waals surface area (Å²) in [5.41, 5.74) is -0.585. The number of halogens is 4. The van der Waals surface area contributed by atoms with Crippen molar-refractivity contribution in [3.63, 3.8) is 0 Å². The van der Waals surface area contributed by atoms with Crippen LogP contribution in [0.5, 0.6) is 0 Å². The Hall–Kier alpha value is -2.41. The van der Waals surface area contributed by atoms with Gasteiger partial charge in [-0.15, -0.1) is 0 Å². The molecular formula is C20H14Cl3FN2O3. The molecule has 29 heavy (non-hydrogen) atoms. The minimum Gasteiger partial charge on any atom is -0.477 e. The van der Waals surface area contributed by atoms with Gasteiger partial charge in [-0.25, -0.2) is 14.2 Å². The van der Waals surface area contributed by atoms with Crippen LogP contribution in [0, 0.1) is 12.7 Å². The monoisotopic (exact) mass is 454 g/mol. The summed E-state index contributed by atoms with van der Waals surface area (Å²) >= 11 is 17.7. The summed E-state index contributed by atoms with van der Waals surface area (Å²) in [6.45, 7) is 3.71. The number of rotatable bonds is 4. The lowest BCUT2D eigenvalue weighted by atomic mass is 9.96. The van der Waals surface area contributed by atoms with Gasteiger partial charge < -0.3 is 9.67 Å². The molecule has 0 aliphatic heterocycles. The van der Waals surface area contributed by atoms with E-state index in [-0.39, 0.29) is 32.0 Å². The minimum atomic E-state index is -1.45. The largest absolute Gasteiger partial charge is 0.477 e. The molecular weight excluding hydrogens is 442 g/mol. The van der Waals surface area contributed by atoms with Crippen molar-refractivity contribution in [1.82, 2.24) is 9.55 Å². The highest BCUT2D eigenvalue weighted by molar-refractivity contribution is 6.41. The Morgan fingerprint density at radius 3 is 2.48 bits per heavy atom. The van der Waals surface area contributed by atoms with Crippen molar-refractivity contribution in [3.8, 4) is 22.4 Å². The molecule has 9 heteroatoms. The SMILES string of the molecule is CCn1c(C)c(-c2ccc(Cl)cc2F)c(=O)c(C(=O)O)c1-c1cnc(Cl)c(Cl)c1. The first-order valence-electron chi connectivity index (χ1n) is 8.44. The summed E-state index contributed by atoms with van der Waals surface area (Å²) < 4.78 is 16.2. The van der Waals surface area contributed by atoms with E-state index in [1.54, 1.807) is 18.4 Å². The molecule has 3 aromatic rings. The fraction of sp³-hybridized carbons (Fsp3) is 0.150. The van der Waals surface area contributed by atoms with Gasteiger partial charge in [-0.05, 0) is 38.1 Å². The van der Waals surface area contributed by atoms with Gasteiger partial charge >= 0.3 is 5.97 Å². The van der Waals surface area contributed by atoms with Gasteiger partial charge in [0.15, 0.2) is 0 Å². The number of benzene rings is 1. The van der Waals surface area contributed by atoms with Gasteiger partial charge in [-0.2, -0.15) is 0 Å². The highest BCUT2D eigenvalue weighted by Crippen LogP contribution is 2.33. The fourth-order valence-corrected chi connectivity index (χ4v) is 3.72. The lowest BCUT2D eigenvalue weighted by Crippen LogP contribution is -2.25. The number of carboxylic acid groups (broad SMARTS) is 1. The van der Waals surface area contributed by atoms with E-state index >= 15 is 0 Å². The molecule has 0 atom stereocenters. The van der Waals surface area contributed by atoms with Gasteiger partial charge in [0.2, 0.25) is 5.43 Å². The van der Waals surface area contributed by atoms with Gasteiger partial charge in [0.25, 0.3) is 0 Å². The summed E-state index contributed by atoms with van der Waals surface area (Å²) in [4.78, 5) is 29.2. The van der Waals surface area contributed by atoms with Crippen molar-refractivity contribution in [3.05, 3.63) is 73.0 Å². The molecule has 5 nitrogen and oxygen atoms in total. The van der Waals surface area contributed by atoms with Crippen LogP contribution in [0.3, 0.4) is 0 Å². The predicted octanol–water partition coefficient (Wildman–Crippen LogP) is 5.70. The van der Waals surface area contributed by atoms with Gasteiger partial charge in [-0.1, -0.05) is 34.8 Å². The first kappa shape index (κ1) is 21.3. The molecule has 0 aliphatic rings. The summed E-state index contributed by atoms with van der Waals surface area (Å²) in [7, 11) is 0. The van der Waals surface area contributed by atoms with Crippen molar-refractivity contribution in [2.24, 2.45) is 0 Å². The second-order valence-electron chi connectivity index (χ2n) is 6.18. The zero-order valence-corrected chi connectivity index (χ0v) is 17.5. The molecule has 1 N–H and O–H groups in total. The van der Waals surface area contributed by atoms with Crippen LogP contribution in [-0.2, 0) is 6.54 Å². The number of nitrogens with zero attached hydrogens (tertiary/aromatic N) is 2. The number of hydrogen-bond acceptors (Lipinski definition) is 3. The van der Waals surface area contributed by atoms with Crippen LogP contribution in [0.1, 0.15) is 23.0 Å². The quantitative estimate of drug-likeness (QED) is 0.512. The Labute approximate surface area is 180 Å². The Balaban J connectivity index is 2.47. The average molecular weight is 456 g/mol. The summed E-state index contributed by atoms with van der Waals surface area (Å²) in [5, 5.41) is 10.1. The standard InChI is InChI=1S/C20H14Cl3FN2O3/c1-3-26-9(2)15(12-5-4-11(21)7-14(12)24)18(27)16(20(28)29)17(26)10-6-13(22)19(23)25-8-10/h4-8H,3H2,1-2H3,(H,28,29). The molecule has 2 aromatic heterocycles. The van der Waals surface area contributed by atoms with E-state index in [4.69, 9.17) is 34.8 Å². The third-order valence-electron chi connectivity index (χ3n) is 4.53. The third-order valence-corrected chi connectivity index (χ3v) is 5.45. The summed E-state index contributed by atoms with van der Waals surface area (Å²) in [6, 6.07) is 5.30. The highest BCUT2D eigenvalue weighted by Gasteiger charge is 2.27. The van der Waals surface area contributed by atoms with Crippen LogP contribution >= 0.6 is 34.8 Å². The smallest absolute Gasteiger partial charge is 0.341 e. The molecule has 0 amide bonds. The normalized spacial score (nSPS) is 11.0. The van der Waals surface area contributed by atoms with Crippen molar-refractivity contribution in [2.75, 3.05) is 0 Å². The first-order chi connectivity index (χ1) is 13.7. The molecule has 0 unspecified atom stereocenters. The first-order valence-corrected chi connectivity index (χ1v) is 9.58. The Bertz CT molecular complexity index is 1210. The Morgan fingerprint density at radius 1 is 1.24 bits per heavy atom. The maximum absolute atomic E-state index is 14.6. The number of carboxylic acids is 1. The lowest BCUT2D eigenvalue weighted by Gasteiger charge is -2.21. The van der Waals surface area contributed by atoms with Crippen LogP contribution in [0.25, 0.3) is 22.4 Å². The number of aromatic carboxylic acids is 1. The zero-order chi connectivity index (χ0) is 21.5. The molecule has 0 aliphatic carbocycles. The van der Waals surface area contributed by atoms with E-state index in [9.17, 15) is 19.1 Å². The number of carbonyl (C=O) groups is 1. The van der Waals surface area contributed by atoms with Gasteiger partial charge in [0.05, 0.1) is 16.3 Å². The van der Waals surface area contributed by atoms with Crippen LogP contribution < -0.4 is 5.43 Å². The van der Waals surface area contributed by atoms with Crippen LogP contribution in [0.15, 0.2) is 35.3 Å². The number of pyridine rings is 2. The zero-order valence-electron chi connectivity index (χ0n) is 15.3. The second-order valence-corrected chi connectivity index (χ2v) is 7.38. The summed E-state index contributed by atoms with van der Waals surface area (Å²) in [5.74, 6) is -2.17. The van der Waals surface area contributed by atoms with Crippen LogP contribution in [0.2, 0.25) is 15.2 Å². The molecule has 150 valence electrons. The third kappa shape index (κ3) is 3.75. The van der Waals surface area contributed by atoms with Gasteiger partial charge in [-0.3, -0.25) is 4.79 Å².